The zero-order valence-corrected chi connectivity index (χ0v) is 17.6. The minimum Gasteiger partial charge on any atom is -0.395 e. The van der Waals surface area contributed by atoms with E-state index in [9.17, 15) is 9.90 Å². The zero-order valence-electron chi connectivity index (χ0n) is 16.1. The molecule has 160 valence electrons. The predicted octanol–water partition coefficient (Wildman–Crippen LogP) is 1.80. The summed E-state index contributed by atoms with van der Waals surface area (Å²) in [5, 5.41) is 14.5. The number of rotatable bonds is 7. The quantitative estimate of drug-likeness (QED) is 0.500. The summed E-state index contributed by atoms with van der Waals surface area (Å²) in [7, 11) is 0. The number of amides is 1. The minimum absolute atomic E-state index is 0.0171. The molecule has 2 fully saturated rings. The number of carbonyl (C=O) groups excluding carboxylic acids is 1. The third-order valence-electron chi connectivity index (χ3n) is 5.01. The molecule has 11 heteroatoms. The Morgan fingerprint density at radius 2 is 2.13 bits per heavy atom. The number of nitrogens with zero attached hydrogens (tertiary/aromatic N) is 3. The number of aliphatic hydroxyl groups is 1. The molecule has 0 bridgehead atoms. The molecule has 2 aromatic rings. The number of aromatic nitrogens is 2. The summed E-state index contributed by atoms with van der Waals surface area (Å²) in [6.45, 7) is 1.17. The van der Waals surface area contributed by atoms with Crippen LogP contribution in [0.15, 0.2) is 24.4 Å². The van der Waals surface area contributed by atoms with Gasteiger partial charge in [0.25, 0.3) is 5.91 Å². The summed E-state index contributed by atoms with van der Waals surface area (Å²) in [6.07, 6.45) is 3.36. The number of aliphatic hydroxyl groups excluding tert-OH is 1. The number of anilines is 2. The van der Waals surface area contributed by atoms with Crippen LogP contribution in [-0.4, -0.2) is 58.3 Å². The Balaban J connectivity index is 1.71. The van der Waals surface area contributed by atoms with Gasteiger partial charge in [-0.3, -0.25) is 10.2 Å². The van der Waals surface area contributed by atoms with Crippen molar-refractivity contribution >= 4 is 40.7 Å². The Hall–Kier alpha value is -2.01. The van der Waals surface area contributed by atoms with Crippen LogP contribution in [0.1, 0.15) is 28.9 Å². The highest BCUT2D eigenvalue weighted by Crippen LogP contribution is 2.39. The molecule has 2 aliphatic rings. The molecule has 4 rings (SSSR count). The maximum Gasteiger partial charge on any atom is 0.259 e. The number of para-hydroxylation sites is 1. The monoisotopic (exact) mass is 452 g/mol. The fraction of sp³-hybridized carbons (Fsp3) is 0.421. The summed E-state index contributed by atoms with van der Waals surface area (Å²) in [6, 6.07) is 4.96. The highest BCUT2D eigenvalue weighted by Gasteiger charge is 2.48. The normalized spacial score (nSPS) is 21.7. The van der Waals surface area contributed by atoms with E-state index in [1.54, 1.807) is 18.2 Å². The van der Waals surface area contributed by atoms with Crippen molar-refractivity contribution in [3.63, 3.8) is 0 Å². The number of benzene rings is 1. The molecule has 1 atom stereocenters. The second kappa shape index (κ2) is 8.62. The number of carbonyl (C=O) groups is 1. The molecule has 1 unspecified atom stereocenters. The van der Waals surface area contributed by atoms with E-state index in [2.05, 4.69) is 20.7 Å². The second-order valence-electron chi connectivity index (χ2n) is 7.33. The molecular formula is C19H22Cl2N6O3. The number of β-amino-alcohol motifs (C(OH)–C–C–N with tert-alkyl or cyclic N) is 1. The molecule has 9 nitrogen and oxygen atoms in total. The number of halogens is 2. The lowest BCUT2D eigenvalue weighted by atomic mass is 9.95. The van der Waals surface area contributed by atoms with E-state index < -0.39 is 11.5 Å². The van der Waals surface area contributed by atoms with Crippen molar-refractivity contribution in [1.29, 1.82) is 0 Å². The van der Waals surface area contributed by atoms with Gasteiger partial charge in [-0.25, -0.2) is 15.0 Å². The van der Waals surface area contributed by atoms with Crippen molar-refractivity contribution in [3.05, 3.63) is 45.7 Å². The lowest BCUT2D eigenvalue weighted by molar-refractivity contribution is -0.0490. The first-order valence-electron chi connectivity index (χ1n) is 9.57. The molecule has 2 heterocycles. The lowest BCUT2D eigenvalue weighted by Gasteiger charge is -2.30. The number of nitrogen functional groups attached to an aromatic ring is 1. The Bertz CT molecular complexity index is 938. The fourth-order valence-corrected chi connectivity index (χ4v) is 3.94. The van der Waals surface area contributed by atoms with Crippen LogP contribution in [0.3, 0.4) is 0 Å². The van der Waals surface area contributed by atoms with Gasteiger partial charge in [-0.1, -0.05) is 29.3 Å². The highest BCUT2D eigenvalue weighted by atomic mass is 35.5. The van der Waals surface area contributed by atoms with Crippen LogP contribution < -0.4 is 16.5 Å². The summed E-state index contributed by atoms with van der Waals surface area (Å²) >= 11 is 12.4. The van der Waals surface area contributed by atoms with Gasteiger partial charge < -0.3 is 20.9 Å². The van der Waals surface area contributed by atoms with E-state index in [4.69, 9.17) is 33.7 Å². The third-order valence-corrected chi connectivity index (χ3v) is 5.64. The molecule has 1 aliphatic carbocycles. The molecule has 1 aromatic carbocycles. The summed E-state index contributed by atoms with van der Waals surface area (Å²) in [4.78, 5) is 21.6. The Labute approximate surface area is 183 Å². The Morgan fingerprint density at radius 1 is 1.40 bits per heavy atom. The summed E-state index contributed by atoms with van der Waals surface area (Å²) < 4.78 is 6.35. The van der Waals surface area contributed by atoms with Crippen molar-refractivity contribution < 1.29 is 14.6 Å². The van der Waals surface area contributed by atoms with Crippen molar-refractivity contribution in [3.8, 4) is 0 Å². The predicted molar refractivity (Wildman–Crippen MR) is 113 cm³/mol. The average Bonchev–Trinajstić information content (AvgIpc) is 3.43. The van der Waals surface area contributed by atoms with Crippen LogP contribution in [0.2, 0.25) is 10.0 Å². The third kappa shape index (κ3) is 4.36. The van der Waals surface area contributed by atoms with Gasteiger partial charge in [0.1, 0.15) is 5.60 Å². The van der Waals surface area contributed by atoms with Crippen molar-refractivity contribution in [2.24, 2.45) is 0 Å². The van der Waals surface area contributed by atoms with Crippen molar-refractivity contribution in [2.45, 2.75) is 24.5 Å². The number of hydrazine groups is 1. The molecular weight excluding hydrogens is 431 g/mol. The Kier molecular flexibility index (Phi) is 6.10. The van der Waals surface area contributed by atoms with E-state index >= 15 is 0 Å². The van der Waals surface area contributed by atoms with Crippen LogP contribution >= 0.6 is 23.2 Å². The van der Waals surface area contributed by atoms with Gasteiger partial charge >= 0.3 is 0 Å². The first-order valence-corrected chi connectivity index (χ1v) is 10.3. The standard InChI is InChI=1S/C19H22Cl2N6O3/c20-13-2-1-3-14(21)15(13)25-17(29)12-8-23-18(22)26-16(12)19(30-11-4-5-11)9-24-27(10-19)6-7-28/h1-3,8,11,24,28H,4-7,9-10H2,(H,25,29)(H2,22,23,26). The minimum atomic E-state index is -0.912. The van der Waals surface area contributed by atoms with E-state index in [0.29, 0.717) is 41.1 Å². The maximum atomic E-state index is 13.2. The molecule has 30 heavy (non-hydrogen) atoms. The largest absolute Gasteiger partial charge is 0.395 e. The van der Waals surface area contributed by atoms with Crippen molar-refractivity contribution in [2.75, 3.05) is 37.3 Å². The van der Waals surface area contributed by atoms with Crippen LogP contribution in [0.5, 0.6) is 0 Å². The van der Waals surface area contributed by atoms with Gasteiger partial charge in [-0.15, -0.1) is 0 Å². The SMILES string of the molecule is Nc1ncc(C(=O)Nc2c(Cl)cccc2Cl)c(C2(OC3CC3)CNN(CCO)C2)n1. The van der Waals surface area contributed by atoms with Crippen LogP contribution in [0.25, 0.3) is 0 Å². The number of nitrogens with two attached hydrogens (primary N) is 1. The number of ether oxygens (including phenoxy) is 1. The summed E-state index contributed by atoms with van der Waals surface area (Å²) in [5.74, 6) is -0.434. The van der Waals surface area contributed by atoms with Crippen LogP contribution in [-0.2, 0) is 10.3 Å². The van der Waals surface area contributed by atoms with Crippen LogP contribution in [0.4, 0.5) is 11.6 Å². The molecule has 1 aromatic heterocycles. The van der Waals surface area contributed by atoms with Crippen LogP contribution in [0, 0.1) is 0 Å². The highest BCUT2D eigenvalue weighted by molar-refractivity contribution is 6.40. The fourth-order valence-electron chi connectivity index (χ4n) is 3.44. The van der Waals surface area contributed by atoms with Gasteiger partial charge in [0.2, 0.25) is 5.95 Å². The van der Waals surface area contributed by atoms with Gasteiger partial charge in [0.15, 0.2) is 0 Å². The molecule has 0 spiro atoms. The van der Waals surface area contributed by atoms with Crippen molar-refractivity contribution in [1.82, 2.24) is 20.4 Å². The van der Waals surface area contributed by atoms with Gasteiger partial charge in [-0.05, 0) is 25.0 Å². The van der Waals surface area contributed by atoms with Gasteiger partial charge in [0.05, 0.1) is 39.7 Å². The van der Waals surface area contributed by atoms with E-state index in [0.717, 1.165) is 12.8 Å². The topological polar surface area (TPSA) is 126 Å². The number of hydrogen-bond donors (Lipinski definition) is 4. The first kappa shape index (κ1) is 21.2. The molecule has 5 N–H and O–H groups in total. The number of hydrogen-bond acceptors (Lipinski definition) is 8. The Morgan fingerprint density at radius 3 is 2.80 bits per heavy atom. The maximum absolute atomic E-state index is 13.2. The lowest BCUT2D eigenvalue weighted by Crippen LogP contribution is -2.40. The molecule has 1 amide bonds. The average molecular weight is 453 g/mol. The first-order chi connectivity index (χ1) is 14.4. The molecule has 1 saturated carbocycles. The van der Waals surface area contributed by atoms with E-state index in [1.807, 2.05) is 5.01 Å². The number of nitrogens with one attached hydrogen (secondary N) is 2. The van der Waals surface area contributed by atoms with Gasteiger partial charge in [-0.2, -0.15) is 0 Å². The van der Waals surface area contributed by atoms with E-state index in [-0.39, 0.29) is 24.2 Å². The molecule has 1 saturated heterocycles. The molecule has 0 radical (unpaired) electrons. The second-order valence-corrected chi connectivity index (χ2v) is 8.15. The summed E-state index contributed by atoms with van der Waals surface area (Å²) in [5.41, 5.74) is 9.07. The van der Waals surface area contributed by atoms with E-state index in [1.165, 1.54) is 6.20 Å². The van der Waals surface area contributed by atoms with Gasteiger partial charge in [0, 0.05) is 25.8 Å². The molecule has 1 aliphatic heterocycles. The smallest absolute Gasteiger partial charge is 0.259 e. The zero-order chi connectivity index (χ0) is 21.3.